The van der Waals surface area contributed by atoms with Gasteiger partial charge in [-0.25, -0.2) is 0 Å². The zero-order valence-corrected chi connectivity index (χ0v) is 10.0. The fraction of sp³-hybridized carbons (Fsp3) is 0.786. The van der Waals surface area contributed by atoms with Crippen molar-refractivity contribution in [3.8, 4) is 0 Å². The van der Waals surface area contributed by atoms with Gasteiger partial charge in [-0.3, -0.25) is 4.79 Å². The third kappa shape index (κ3) is 1.35. The molecule has 88 valence electrons. The highest BCUT2D eigenvalue weighted by atomic mass is 16.1. The quantitative estimate of drug-likeness (QED) is 0.710. The van der Waals surface area contributed by atoms with Gasteiger partial charge in [0.15, 0.2) is 0 Å². The second-order valence-corrected chi connectivity index (χ2v) is 6.28. The molecule has 4 aliphatic rings. The van der Waals surface area contributed by atoms with E-state index in [0.717, 1.165) is 11.8 Å². The van der Waals surface area contributed by atoms with E-state index in [1.54, 1.807) is 0 Å². The molecule has 2 heteroatoms. The molecule has 0 saturated heterocycles. The van der Waals surface area contributed by atoms with E-state index in [0.29, 0.717) is 11.8 Å². The van der Waals surface area contributed by atoms with Gasteiger partial charge in [0.25, 0.3) is 0 Å². The van der Waals surface area contributed by atoms with Crippen molar-refractivity contribution in [2.45, 2.75) is 44.6 Å². The maximum absolute atomic E-state index is 11.6. The van der Waals surface area contributed by atoms with Crippen LogP contribution >= 0.6 is 0 Å². The molecule has 4 bridgehead atoms. The van der Waals surface area contributed by atoms with Crippen molar-refractivity contribution in [2.75, 3.05) is 0 Å². The Kier molecular flexibility index (Phi) is 2.17. The molecule has 0 aliphatic heterocycles. The predicted octanol–water partition coefficient (Wildman–Crippen LogP) is 2.50. The number of amides is 1. The number of hydrogen-bond donors (Lipinski definition) is 1. The van der Waals surface area contributed by atoms with Crippen molar-refractivity contribution < 1.29 is 4.79 Å². The average Bonchev–Trinajstić information content (AvgIpc) is 2.25. The molecular weight excluding hydrogens is 198 g/mol. The molecule has 16 heavy (non-hydrogen) atoms. The highest BCUT2D eigenvalue weighted by Crippen LogP contribution is 2.58. The average molecular weight is 219 g/mol. The summed E-state index contributed by atoms with van der Waals surface area (Å²) in [6.45, 7) is 5.83. The zero-order chi connectivity index (χ0) is 11.3. The minimum absolute atomic E-state index is 0.00923. The number of hydrogen-bond acceptors (Lipinski definition) is 1. The van der Waals surface area contributed by atoms with Gasteiger partial charge in [-0.05, 0) is 68.8 Å². The Morgan fingerprint density at radius 1 is 1.19 bits per heavy atom. The van der Waals surface area contributed by atoms with E-state index in [1.165, 1.54) is 38.2 Å². The third-order valence-corrected chi connectivity index (χ3v) is 5.41. The van der Waals surface area contributed by atoms with E-state index in [2.05, 4.69) is 18.8 Å². The van der Waals surface area contributed by atoms with Gasteiger partial charge in [0.1, 0.15) is 0 Å². The Bertz CT molecular complexity index is 306. The van der Waals surface area contributed by atoms with Gasteiger partial charge in [0.05, 0.1) is 0 Å². The van der Waals surface area contributed by atoms with Crippen LogP contribution in [0.3, 0.4) is 0 Å². The molecule has 1 amide bonds. The van der Waals surface area contributed by atoms with Gasteiger partial charge in [0, 0.05) is 5.54 Å². The summed E-state index contributed by atoms with van der Waals surface area (Å²) in [6.07, 6.45) is 8.21. The normalized spacial score (nSPS) is 49.1. The molecule has 4 saturated carbocycles. The Morgan fingerprint density at radius 2 is 1.69 bits per heavy atom. The van der Waals surface area contributed by atoms with Crippen LogP contribution in [0.5, 0.6) is 0 Å². The van der Waals surface area contributed by atoms with Crippen LogP contribution in [0.2, 0.25) is 0 Å². The highest BCUT2D eigenvalue weighted by Gasteiger charge is 2.55. The lowest BCUT2D eigenvalue weighted by molar-refractivity contribution is -0.125. The summed E-state index contributed by atoms with van der Waals surface area (Å²) in [6, 6.07) is 0. The zero-order valence-electron chi connectivity index (χ0n) is 10.0. The fourth-order valence-electron chi connectivity index (χ4n) is 4.68. The van der Waals surface area contributed by atoms with Crippen LogP contribution in [0.25, 0.3) is 0 Å². The number of nitrogens with one attached hydrogen (secondary N) is 1. The largest absolute Gasteiger partial charge is 0.347 e. The topological polar surface area (TPSA) is 29.1 Å². The van der Waals surface area contributed by atoms with Crippen molar-refractivity contribution in [1.29, 1.82) is 0 Å². The van der Waals surface area contributed by atoms with Crippen LogP contribution in [-0.2, 0) is 4.79 Å². The molecule has 0 spiro atoms. The van der Waals surface area contributed by atoms with Crippen molar-refractivity contribution in [3.05, 3.63) is 12.7 Å². The molecule has 0 aromatic carbocycles. The second-order valence-electron chi connectivity index (χ2n) is 6.28. The molecular formula is C14H21NO. The molecule has 4 rings (SSSR count). The first-order valence-corrected chi connectivity index (χ1v) is 6.56. The van der Waals surface area contributed by atoms with E-state index in [1.807, 2.05) is 0 Å². The monoisotopic (exact) mass is 219 g/mol. The minimum Gasteiger partial charge on any atom is -0.347 e. The Labute approximate surface area is 97.5 Å². The third-order valence-electron chi connectivity index (χ3n) is 5.41. The molecule has 4 aliphatic carbocycles. The van der Waals surface area contributed by atoms with Crippen molar-refractivity contribution >= 4 is 5.91 Å². The van der Waals surface area contributed by atoms with E-state index in [-0.39, 0.29) is 11.4 Å². The number of carbonyl (C=O) groups is 1. The summed E-state index contributed by atoms with van der Waals surface area (Å²) in [7, 11) is 0. The maximum atomic E-state index is 11.6. The van der Waals surface area contributed by atoms with E-state index in [9.17, 15) is 4.79 Å². The van der Waals surface area contributed by atoms with Crippen LogP contribution in [0.4, 0.5) is 0 Å². The second kappa shape index (κ2) is 3.35. The van der Waals surface area contributed by atoms with Gasteiger partial charge in [-0.2, -0.15) is 0 Å². The summed E-state index contributed by atoms with van der Waals surface area (Å²) in [5.74, 6) is 3.35. The van der Waals surface area contributed by atoms with Gasteiger partial charge >= 0.3 is 0 Å². The van der Waals surface area contributed by atoms with E-state index >= 15 is 0 Å². The first-order chi connectivity index (χ1) is 7.61. The van der Waals surface area contributed by atoms with Crippen molar-refractivity contribution in [2.24, 2.45) is 23.7 Å². The lowest BCUT2D eigenvalue weighted by atomic mass is 9.49. The highest BCUT2D eigenvalue weighted by molar-refractivity contribution is 5.87. The minimum atomic E-state index is 0.00923. The standard InChI is InChI=1S/C14H21NO/c1-3-13(16)15-14(2)11-5-9-4-10(7-11)8-12(14)6-9/h3,9-12H,1,4-8H2,2H3,(H,15,16). The molecule has 4 fully saturated rings. The first kappa shape index (κ1) is 10.4. The molecule has 0 unspecified atom stereocenters. The molecule has 0 radical (unpaired) electrons. The van der Waals surface area contributed by atoms with Crippen LogP contribution in [0.15, 0.2) is 12.7 Å². The summed E-state index contributed by atoms with van der Waals surface area (Å²) < 4.78 is 0. The van der Waals surface area contributed by atoms with E-state index in [4.69, 9.17) is 0 Å². The van der Waals surface area contributed by atoms with Crippen LogP contribution in [0, 0.1) is 23.7 Å². The molecule has 1 N–H and O–H groups in total. The molecule has 0 atom stereocenters. The Hall–Kier alpha value is -0.790. The molecule has 0 heterocycles. The van der Waals surface area contributed by atoms with E-state index < -0.39 is 0 Å². The van der Waals surface area contributed by atoms with Crippen molar-refractivity contribution in [1.82, 2.24) is 5.32 Å². The lowest BCUT2D eigenvalue weighted by Gasteiger charge is -2.60. The molecule has 0 aromatic heterocycles. The SMILES string of the molecule is C=CC(=O)NC1(C)C2CC3CC(C2)CC1C3. The maximum Gasteiger partial charge on any atom is 0.243 e. The van der Waals surface area contributed by atoms with Crippen molar-refractivity contribution in [3.63, 3.8) is 0 Å². The summed E-state index contributed by atoms with van der Waals surface area (Å²) in [4.78, 5) is 11.6. The number of rotatable bonds is 2. The lowest BCUT2D eigenvalue weighted by Crippen LogP contribution is -2.64. The fourth-order valence-corrected chi connectivity index (χ4v) is 4.68. The number of carbonyl (C=O) groups excluding carboxylic acids is 1. The summed E-state index contributed by atoms with van der Waals surface area (Å²) in [5.41, 5.74) is 0.0543. The summed E-state index contributed by atoms with van der Waals surface area (Å²) in [5, 5.41) is 3.23. The smallest absolute Gasteiger partial charge is 0.243 e. The van der Waals surface area contributed by atoms with Gasteiger partial charge in [-0.15, -0.1) is 0 Å². The van der Waals surface area contributed by atoms with Crippen LogP contribution < -0.4 is 5.32 Å². The Balaban J connectivity index is 1.84. The molecule has 2 nitrogen and oxygen atoms in total. The van der Waals surface area contributed by atoms with Gasteiger partial charge in [0.2, 0.25) is 5.91 Å². The van der Waals surface area contributed by atoms with Crippen LogP contribution in [-0.4, -0.2) is 11.4 Å². The summed E-state index contributed by atoms with van der Waals surface area (Å²) >= 11 is 0. The first-order valence-electron chi connectivity index (χ1n) is 6.56. The Morgan fingerprint density at radius 3 is 2.12 bits per heavy atom. The molecule has 0 aromatic rings. The van der Waals surface area contributed by atoms with Gasteiger partial charge < -0.3 is 5.32 Å². The van der Waals surface area contributed by atoms with Gasteiger partial charge in [-0.1, -0.05) is 6.58 Å². The van der Waals surface area contributed by atoms with Crippen LogP contribution in [0.1, 0.15) is 39.0 Å². The predicted molar refractivity (Wildman–Crippen MR) is 63.8 cm³/mol.